The Kier molecular flexibility index (Phi) is 5.13. The maximum absolute atomic E-state index is 13.0. The van der Waals surface area contributed by atoms with E-state index in [9.17, 15) is 9.59 Å². The van der Waals surface area contributed by atoms with E-state index in [1.54, 1.807) is 23.1 Å². The molecule has 3 fully saturated rings. The number of carbonyl (C=O) groups is 2. The van der Waals surface area contributed by atoms with Crippen molar-refractivity contribution in [2.45, 2.75) is 31.7 Å². The summed E-state index contributed by atoms with van der Waals surface area (Å²) in [6.07, 6.45) is 4.16. The Bertz CT molecular complexity index is 727. The van der Waals surface area contributed by atoms with E-state index >= 15 is 0 Å². The molecule has 1 aromatic rings. The maximum atomic E-state index is 13.0. The molecule has 3 aliphatic heterocycles. The molecule has 0 aromatic heterocycles. The van der Waals surface area contributed by atoms with Crippen LogP contribution in [0.25, 0.3) is 0 Å². The number of piperidine rings is 1. The summed E-state index contributed by atoms with van der Waals surface area (Å²) in [5.41, 5.74) is 0.594. The fourth-order valence-corrected chi connectivity index (χ4v) is 4.80. The van der Waals surface area contributed by atoms with Crippen molar-refractivity contribution in [2.24, 2.45) is 5.92 Å². The van der Waals surface area contributed by atoms with Crippen LogP contribution in [-0.2, 0) is 9.59 Å². The highest BCUT2D eigenvalue weighted by molar-refractivity contribution is 6.36. The Morgan fingerprint density at radius 1 is 1.04 bits per heavy atom. The smallest absolute Gasteiger partial charge is 0.239 e. The molecule has 1 aromatic carbocycles. The highest BCUT2D eigenvalue weighted by atomic mass is 35.5. The van der Waals surface area contributed by atoms with E-state index in [2.05, 4.69) is 4.90 Å². The van der Waals surface area contributed by atoms with Crippen molar-refractivity contribution in [1.29, 1.82) is 0 Å². The third-order valence-corrected chi connectivity index (χ3v) is 6.41. The number of rotatable bonds is 2. The normalized spacial score (nSPS) is 26.9. The fourth-order valence-electron chi connectivity index (χ4n) is 4.42. The largest absolute Gasteiger partial charge is 0.339 e. The van der Waals surface area contributed by atoms with Gasteiger partial charge in [0, 0.05) is 37.2 Å². The Morgan fingerprint density at radius 2 is 1.88 bits per heavy atom. The van der Waals surface area contributed by atoms with E-state index in [4.69, 9.17) is 23.2 Å². The van der Waals surface area contributed by atoms with Crippen LogP contribution >= 0.6 is 23.2 Å². The van der Waals surface area contributed by atoms with Crippen LogP contribution in [0.3, 0.4) is 0 Å². The van der Waals surface area contributed by atoms with Gasteiger partial charge in [-0.3, -0.25) is 14.5 Å². The van der Waals surface area contributed by atoms with Crippen molar-refractivity contribution in [2.75, 3.05) is 37.6 Å². The molecule has 26 heavy (non-hydrogen) atoms. The summed E-state index contributed by atoms with van der Waals surface area (Å²) in [7, 11) is 0. The first kappa shape index (κ1) is 18.1. The van der Waals surface area contributed by atoms with Crippen molar-refractivity contribution in [3.8, 4) is 0 Å². The van der Waals surface area contributed by atoms with Gasteiger partial charge in [-0.15, -0.1) is 0 Å². The quantitative estimate of drug-likeness (QED) is 0.722. The minimum absolute atomic E-state index is 0.0270. The Morgan fingerprint density at radius 3 is 2.73 bits per heavy atom. The molecular formula is C19H23Cl2N3O2. The number of amides is 2. The molecule has 0 N–H and O–H groups in total. The van der Waals surface area contributed by atoms with E-state index in [-0.39, 0.29) is 11.8 Å². The van der Waals surface area contributed by atoms with Crippen LogP contribution in [0, 0.1) is 5.92 Å². The standard InChI is InChI=1S/C19H23Cl2N3O2/c20-13-4-5-16(21)17(11-13)24-8-6-15(19(24)26)18(25)23-10-9-22-7-2-1-3-14(22)12-23/h4-5,11,14-15H,1-3,6-10,12H2/t14-,15+/m1/s1. The molecule has 3 saturated heterocycles. The number of piperazine rings is 1. The first-order valence-corrected chi connectivity index (χ1v) is 10.1. The van der Waals surface area contributed by atoms with Gasteiger partial charge in [-0.2, -0.15) is 0 Å². The third kappa shape index (κ3) is 3.32. The predicted octanol–water partition coefficient (Wildman–Crippen LogP) is 3.04. The zero-order valence-electron chi connectivity index (χ0n) is 14.7. The monoisotopic (exact) mass is 395 g/mol. The van der Waals surface area contributed by atoms with Crippen molar-refractivity contribution in [3.63, 3.8) is 0 Å². The van der Waals surface area contributed by atoms with Crippen LogP contribution in [-0.4, -0.2) is 60.4 Å². The molecule has 5 nitrogen and oxygen atoms in total. The Labute approximate surface area is 163 Å². The fraction of sp³-hybridized carbons (Fsp3) is 0.579. The van der Waals surface area contributed by atoms with Gasteiger partial charge in [0.2, 0.25) is 11.8 Å². The van der Waals surface area contributed by atoms with Crippen molar-refractivity contribution in [3.05, 3.63) is 28.2 Å². The zero-order chi connectivity index (χ0) is 18.3. The average Bonchev–Trinajstić information content (AvgIpc) is 3.04. The molecule has 7 heteroatoms. The van der Waals surface area contributed by atoms with Crippen molar-refractivity contribution >= 4 is 40.7 Å². The van der Waals surface area contributed by atoms with Crippen LogP contribution in [0.5, 0.6) is 0 Å². The molecule has 4 rings (SSSR count). The maximum Gasteiger partial charge on any atom is 0.239 e. The van der Waals surface area contributed by atoms with Crippen molar-refractivity contribution in [1.82, 2.24) is 9.80 Å². The van der Waals surface area contributed by atoms with E-state index in [0.717, 1.165) is 32.6 Å². The van der Waals surface area contributed by atoms with E-state index in [1.807, 2.05) is 4.90 Å². The number of benzene rings is 1. The average molecular weight is 396 g/mol. The second-order valence-electron chi connectivity index (χ2n) is 7.40. The summed E-state index contributed by atoms with van der Waals surface area (Å²) in [5.74, 6) is -0.786. The summed E-state index contributed by atoms with van der Waals surface area (Å²) in [6.45, 7) is 4.02. The van der Waals surface area contributed by atoms with Crippen molar-refractivity contribution < 1.29 is 9.59 Å². The zero-order valence-corrected chi connectivity index (χ0v) is 16.2. The third-order valence-electron chi connectivity index (χ3n) is 5.85. The van der Waals surface area contributed by atoms with Crippen LogP contribution in [0.15, 0.2) is 18.2 Å². The molecule has 3 aliphatic rings. The van der Waals surface area contributed by atoms with Crippen LogP contribution in [0.4, 0.5) is 5.69 Å². The van der Waals surface area contributed by atoms with Crippen LogP contribution in [0.1, 0.15) is 25.7 Å². The first-order valence-electron chi connectivity index (χ1n) is 9.34. The lowest BCUT2D eigenvalue weighted by atomic mass is 9.98. The molecule has 2 atom stereocenters. The van der Waals surface area contributed by atoms with E-state index < -0.39 is 5.92 Å². The van der Waals surface area contributed by atoms with Gasteiger partial charge >= 0.3 is 0 Å². The topological polar surface area (TPSA) is 43.9 Å². The minimum atomic E-state index is -0.597. The van der Waals surface area contributed by atoms with Crippen LogP contribution in [0.2, 0.25) is 10.0 Å². The molecule has 2 amide bonds. The SMILES string of the molecule is O=C([C@@H]1CCN(c2cc(Cl)ccc2Cl)C1=O)N1CCN2CCCC[C@@H]2C1. The highest BCUT2D eigenvalue weighted by Crippen LogP contribution is 2.34. The number of nitrogens with zero attached hydrogens (tertiary/aromatic N) is 3. The Balaban J connectivity index is 1.46. The summed E-state index contributed by atoms with van der Waals surface area (Å²) >= 11 is 12.3. The lowest BCUT2D eigenvalue weighted by Crippen LogP contribution is -2.57. The molecule has 0 aliphatic carbocycles. The summed E-state index contributed by atoms with van der Waals surface area (Å²) < 4.78 is 0. The van der Waals surface area contributed by atoms with Gasteiger partial charge in [0.15, 0.2) is 0 Å². The second kappa shape index (κ2) is 7.37. The number of carbonyl (C=O) groups excluding carboxylic acids is 2. The number of fused-ring (bicyclic) bond motifs is 1. The van der Waals surface area contributed by atoms with Gasteiger partial charge in [-0.05, 0) is 44.0 Å². The predicted molar refractivity (Wildman–Crippen MR) is 103 cm³/mol. The summed E-state index contributed by atoms with van der Waals surface area (Å²) in [5, 5.41) is 1.01. The van der Waals surface area contributed by atoms with Gasteiger partial charge in [0.25, 0.3) is 0 Å². The molecule has 0 radical (unpaired) electrons. The first-order chi connectivity index (χ1) is 12.5. The van der Waals surface area contributed by atoms with Gasteiger partial charge in [0.1, 0.15) is 5.92 Å². The second-order valence-corrected chi connectivity index (χ2v) is 8.24. The lowest BCUT2D eigenvalue weighted by Gasteiger charge is -2.44. The van der Waals surface area contributed by atoms with Gasteiger partial charge in [-0.25, -0.2) is 0 Å². The molecule has 0 spiro atoms. The van der Waals surface area contributed by atoms with Gasteiger partial charge in [0.05, 0.1) is 10.7 Å². The van der Waals surface area contributed by atoms with E-state index in [0.29, 0.717) is 34.7 Å². The molecule has 3 heterocycles. The molecule has 0 bridgehead atoms. The summed E-state index contributed by atoms with van der Waals surface area (Å²) in [6, 6.07) is 5.52. The minimum Gasteiger partial charge on any atom is -0.339 e. The summed E-state index contributed by atoms with van der Waals surface area (Å²) in [4.78, 5) is 31.9. The molecule has 0 unspecified atom stereocenters. The molecule has 0 saturated carbocycles. The number of anilines is 1. The van der Waals surface area contributed by atoms with Gasteiger partial charge in [-0.1, -0.05) is 29.6 Å². The molecular weight excluding hydrogens is 373 g/mol. The Hall–Kier alpha value is -1.30. The van der Waals surface area contributed by atoms with Gasteiger partial charge < -0.3 is 9.80 Å². The van der Waals surface area contributed by atoms with E-state index in [1.165, 1.54) is 12.8 Å². The lowest BCUT2D eigenvalue weighted by molar-refractivity contribution is -0.142. The van der Waals surface area contributed by atoms with Crippen LogP contribution < -0.4 is 4.90 Å². The number of hydrogen-bond acceptors (Lipinski definition) is 3. The highest BCUT2D eigenvalue weighted by Gasteiger charge is 2.42. The molecule has 140 valence electrons. The number of hydrogen-bond donors (Lipinski definition) is 0. The number of halogens is 2.